The van der Waals surface area contributed by atoms with Gasteiger partial charge in [0, 0.05) is 12.6 Å². The molecule has 2 aromatic rings. The van der Waals surface area contributed by atoms with E-state index in [9.17, 15) is 4.79 Å². The Bertz CT molecular complexity index is 778. The third-order valence-corrected chi connectivity index (χ3v) is 5.97. The molecule has 0 unspecified atom stereocenters. The number of thioether (sulfide) groups is 1. The van der Waals surface area contributed by atoms with Gasteiger partial charge in [0.25, 0.3) is 0 Å². The molecule has 150 valence electrons. The molecule has 1 aromatic carbocycles. The minimum absolute atomic E-state index is 0.0546. The Labute approximate surface area is 170 Å². The first-order valence-corrected chi connectivity index (χ1v) is 10.8. The summed E-state index contributed by atoms with van der Waals surface area (Å²) in [7, 11) is 0. The number of ether oxygens (including phenoxy) is 1. The number of aromatic nitrogens is 3. The highest BCUT2D eigenvalue weighted by atomic mass is 32.2. The van der Waals surface area contributed by atoms with E-state index in [0.29, 0.717) is 41.8 Å². The zero-order valence-corrected chi connectivity index (χ0v) is 17.2. The minimum Gasteiger partial charge on any atom is -0.486 e. The molecule has 1 heterocycles. The molecule has 1 N–H and O–H groups in total. The third kappa shape index (κ3) is 5.61. The number of carbonyl (C=O) groups excluding carboxylic acids is 1. The highest BCUT2D eigenvalue weighted by molar-refractivity contribution is 7.99. The first-order chi connectivity index (χ1) is 13.7. The van der Waals surface area contributed by atoms with Crippen LogP contribution < -0.4 is 10.1 Å². The largest absolute Gasteiger partial charge is 0.486 e. The third-order valence-electron chi connectivity index (χ3n) is 5.01. The minimum atomic E-state index is 0.0546. The predicted octanol–water partition coefficient (Wildman–Crippen LogP) is 3.83. The Hall–Kier alpha value is -2.28. The van der Waals surface area contributed by atoms with Crippen molar-refractivity contribution in [2.24, 2.45) is 5.92 Å². The molecule has 6 nitrogen and oxygen atoms in total. The molecule has 1 amide bonds. The van der Waals surface area contributed by atoms with Gasteiger partial charge in [-0.05, 0) is 30.9 Å². The topological polar surface area (TPSA) is 69.0 Å². The van der Waals surface area contributed by atoms with Gasteiger partial charge in [0.1, 0.15) is 12.4 Å². The summed E-state index contributed by atoms with van der Waals surface area (Å²) in [5, 5.41) is 12.4. The molecular weight excluding hydrogens is 372 g/mol. The summed E-state index contributed by atoms with van der Waals surface area (Å²) in [6.07, 6.45) is 6.52. The predicted molar refractivity (Wildman–Crippen MR) is 111 cm³/mol. The van der Waals surface area contributed by atoms with E-state index in [0.717, 1.165) is 12.2 Å². The summed E-state index contributed by atoms with van der Waals surface area (Å²) in [5.41, 5.74) is 0. The zero-order valence-electron chi connectivity index (χ0n) is 16.3. The van der Waals surface area contributed by atoms with Crippen LogP contribution in [-0.2, 0) is 17.9 Å². The van der Waals surface area contributed by atoms with Crippen LogP contribution in [0.2, 0.25) is 0 Å². The number of amides is 1. The van der Waals surface area contributed by atoms with Crippen LogP contribution in [0.15, 0.2) is 48.1 Å². The van der Waals surface area contributed by atoms with Crippen molar-refractivity contribution >= 4 is 17.7 Å². The fraction of sp³-hybridized carbons (Fsp3) is 0.476. The second-order valence-electron chi connectivity index (χ2n) is 7.12. The molecular formula is C21H28N4O2S. The smallest absolute Gasteiger partial charge is 0.230 e. The van der Waals surface area contributed by atoms with E-state index in [1.807, 2.05) is 34.9 Å². The fourth-order valence-corrected chi connectivity index (χ4v) is 4.20. The second kappa shape index (κ2) is 10.3. The van der Waals surface area contributed by atoms with E-state index in [1.54, 1.807) is 6.08 Å². The summed E-state index contributed by atoms with van der Waals surface area (Å²) in [6.45, 7) is 6.92. The van der Waals surface area contributed by atoms with Crippen LogP contribution in [-0.4, -0.2) is 32.5 Å². The number of allylic oxidation sites excluding steroid dienone is 1. The van der Waals surface area contributed by atoms with Crippen molar-refractivity contribution in [2.45, 2.75) is 57.0 Å². The lowest BCUT2D eigenvalue weighted by atomic mass is 9.86. The Morgan fingerprint density at radius 2 is 2.11 bits per heavy atom. The van der Waals surface area contributed by atoms with E-state index in [1.165, 1.54) is 31.0 Å². The number of para-hydroxylation sites is 1. The molecule has 0 bridgehead atoms. The van der Waals surface area contributed by atoms with E-state index < -0.39 is 0 Å². The van der Waals surface area contributed by atoms with E-state index in [-0.39, 0.29) is 5.91 Å². The van der Waals surface area contributed by atoms with Gasteiger partial charge in [-0.1, -0.05) is 55.8 Å². The van der Waals surface area contributed by atoms with Crippen molar-refractivity contribution in [1.29, 1.82) is 0 Å². The first kappa shape index (κ1) is 20.5. The van der Waals surface area contributed by atoms with Gasteiger partial charge in [-0.3, -0.25) is 9.36 Å². The maximum absolute atomic E-state index is 12.4. The van der Waals surface area contributed by atoms with Gasteiger partial charge in [-0.2, -0.15) is 0 Å². The SMILES string of the molecule is C=CCn1c(COc2ccccc2)nnc1SCC(=O)N[C@H]1CCCC[C@@H]1C. The van der Waals surface area contributed by atoms with E-state index in [4.69, 9.17) is 4.74 Å². The molecule has 1 aliphatic carbocycles. The van der Waals surface area contributed by atoms with Gasteiger partial charge in [0.05, 0.1) is 5.75 Å². The quantitative estimate of drug-likeness (QED) is 0.512. The number of benzene rings is 1. The number of carbonyl (C=O) groups is 1. The summed E-state index contributed by atoms with van der Waals surface area (Å²) >= 11 is 1.40. The molecule has 0 radical (unpaired) electrons. The Kier molecular flexibility index (Phi) is 7.54. The maximum atomic E-state index is 12.4. The molecule has 0 aliphatic heterocycles. The molecule has 1 aromatic heterocycles. The molecule has 7 heteroatoms. The lowest BCUT2D eigenvalue weighted by Gasteiger charge is -2.29. The normalized spacial score (nSPS) is 19.2. The van der Waals surface area contributed by atoms with Gasteiger partial charge in [-0.15, -0.1) is 16.8 Å². The summed E-state index contributed by atoms with van der Waals surface area (Å²) in [4.78, 5) is 12.4. The number of hydrogen-bond donors (Lipinski definition) is 1. The van der Waals surface area contributed by atoms with E-state index >= 15 is 0 Å². The number of hydrogen-bond acceptors (Lipinski definition) is 5. The zero-order chi connectivity index (χ0) is 19.8. The van der Waals surface area contributed by atoms with Crippen LogP contribution in [0, 0.1) is 5.92 Å². The molecule has 2 atom stereocenters. The van der Waals surface area contributed by atoms with Crippen molar-refractivity contribution in [1.82, 2.24) is 20.1 Å². The van der Waals surface area contributed by atoms with Crippen molar-refractivity contribution in [2.75, 3.05) is 5.75 Å². The monoisotopic (exact) mass is 400 g/mol. The highest BCUT2D eigenvalue weighted by Crippen LogP contribution is 2.24. The molecule has 0 saturated heterocycles. The van der Waals surface area contributed by atoms with Crippen molar-refractivity contribution < 1.29 is 9.53 Å². The van der Waals surface area contributed by atoms with Gasteiger partial charge in [-0.25, -0.2) is 0 Å². The average Bonchev–Trinajstić information content (AvgIpc) is 3.09. The average molecular weight is 401 g/mol. The molecule has 1 saturated carbocycles. The standard InChI is InChI=1S/C21H28N4O2S/c1-3-13-25-19(14-27-17-10-5-4-6-11-17)23-24-21(25)28-15-20(26)22-18-12-8-7-9-16(18)2/h3-6,10-11,16,18H,1,7-9,12-15H2,2H3,(H,22,26)/t16-,18-/m0/s1. The Morgan fingerprint density at radius 1 is 1.32 bits per heavy atom. The van der Waals surface area contributed by atoms with E-state index in [2.05, 4.69) is 29.0 Å². The van der Waals surface area contributed by atoms with Crippen LogP contribution >= 0.6 is 11.8 Å². The molecule has 1 aliphatic rings. The van der Waals surface area contributed by atoms with Crippen LogP contribution in [0.5, 0.6) is 5.75 Å². The summed E-state index contributed by atoms with van der Waals surface area (Å²) in [5.74, 6) is 2.43. The van der Waals surface area contributed by atoms with Gasteiger partial charge in [0.15, 0.2) is 11.0 Å². The van der Waals surface area contributed by atoms with Gasteiger partial charge >= 0.3 is 0 Å². The Morgan fingerprint density at radius 3 is 2.86 bits per heavy atom. The first-order valence-electron chi connectivity index (χ1n) is 9.80. The number of rotatable bonds is 9. The number of nitrogens with zero attached hydrogens (tertiary/aromatic N) is 3. The van der Waals surface area contributed by atoms with Crippen molar-refractivity contribution in [3.05, 3.63) is 48.8 Å². The van der Waals surface area contributed by atoms with Crippen LogP contribution in [0.1, 0.15) is 38.4 Å². The Balaban J connectivity index is 1.56. The molecule has 0 spiro atoms. The molecule has 1 fully saturated rings. The molecule has 28 heavy (non-hydrogen) atoms. The van der Waals surface area contributed by atoms with Crippen LogP contribution in [0.25, 0.3) is 0 Å². The van der Waals surface area contributed by atoms with Crippen molar-refractivity contribution in [3.63, 3.8) is 0 Å². The molecule has 3 rings (SSSR count). The second-order valence-corrected chi connectivity index (χ2v) is 8.07. The fourth-order valence-electron chi connectivity index (χ4n) is 3.42. The van der Waals surface area contributed by atoms with Gasteiger partial charge < -0.3 is 10.1 Å². The maximum Gasteiger partial charge on any atom is 0.230 e. The number of nitrogens with one attached hydrogen (secondary N) is 1. The highest BCUT2D eigenvalue weighted by Gasteiger charge is 2.23. The van der Waals surface area contributed by atoms with Crippen LogP contribution in [0.3, 0.4) is 0 Å². The van der Waals surface area contributed by atoms with Gasteiger partial charge in [0.2, 0.25) is 5.91 Å². The lowest BCUT2D eigenvalue weighted by Crippen LogP contribution is -2.41. The summed E-state index contributed by atoms with van der Waals surface area (Å²) < 4.78 is 7.73. The van der Waals surface area contributed by atoms with Crippen molar-refractivity contribution in [3.8, 4) is 5.75 Å². The summed E-state index contributed by atoms with van der Waals surface area (Å²) in [6, 6.07) is 9.90. The van der Waals surface area contributed by atoms with Crippen LogP contribution in [0.4, 0.5) is 0 Å². The lowest BCUT2D eigenvalue weighted by molar-refractivity contribution is -0.119.